The normalized spacial score (nSPS) is 16.5. The lowest BCUT2D eigenvalue weighted by Crippen LogP contribution is -2.41. The Balaban J connectivity index is 1.80. The molecule has 5 heteroatoms. The molecular weight excluding hydrogens is 276 g/mol. The van der Waals surface area contributed by atoms with E-state index < -0.39 is 0 Å². The first-order valence-electron chi connectivity index (χ1n) is 7.19. The molecule has 2 aromatic rings. The van der Waals surface area contributed by atoms with E-state index >= 15 is 0 Å². The van der Waals surface area contributed by atoms with Gasteiger partial charge in [-0.15, -0.1) is 5.53 Å². The summed E-state index contributed by atoms with van der Waals surface area (Å²) in [6.07, 6.45) is 0. The minimum atomic E-state index is -0.0647. The van der Waals surface area contributed by atoms with Gasteiger partial charge in [0, 0.05) is 5.70 Å². The minimum absolute atomic E-state index is 0.0647. The number of fused-ring (bicyclic) bond motifs is 3. The number of hydrazine groups is 2. The Labute approximate surface area is 128 Å². The van der Waals surface area contributed by atoms with E-state index in [0.717, 1.165) is 28.3 Å². The summed E-state index contributed by atoms with van der Waals surface area (Å²) in [5.74, 6) is -0.0647. The largest absolute Gasteiger partial charge is 0.355 e. The number of allylic oxidation sites excluding steroid dienone is 1. The van der Waals surface area contributed by atoms with Crippen molar-refractivity contribution in [3.05, 3.63) is 65.5 Å². The molecule has 1 amide bonds. The van der Waals surface area contributed by atoms with Crippen LogP contribution in [0.25, 0.3) is 0 Å². The van der Waals surface area contributed by atoms with E-state index in [1.807, 2.05) is 67.4 Å². The number of carbonyl (C=O) groups is 1. The number of amides is 1. The Morgan fingerprint density at radius 1 is 0.955 bits per heavy atom. The lowest BCUT2D eigenvalue weighted by atomic mass is 10.1. The zero-order chi connectivity index (χ0) is 15.3. The summed E-state index contributed by atoms with van der Waals surface area (Å²) in [7, 11) is 0. The number of hydrogen-bond acceptors (Lipinski definition) is 4. The fraction of sp³-hybridized carbons (Fsp3) is 0.118. The molecule has 22 heavy (non-hydrogen) atoms. The molecule has 0 unspecified atom stereocenters. The van der Waals surface area contributed by atoms with Crippen LogP contribution in [0.2, 0.25) is 0 Å². The third-order valence-electron chi connectivity index (χ3n) is 3.91. The summed E-state index contributed by atoms with van der Waals surface area (Å²) in [6.45, 7) is 3.93. The number of hydrogen-bond donors (Lipinski definition) is 2. The third kappa shape index (κ3) is 1.79. The number of anilines is 3. The zero-order valence-corrected chi connectivity index (χ0v) is 12.4. The summed E-state index contributed by atoms with van der Waals surface area (Å²) in [5.41, 5.74) is 8.52. The average molecular weight is 292 g/mol. The predicted molar refractivity (Wildman–Crippen MR) is 87.0 cm³/mol. The second-order valence-electron chi connectivity index (χ2n) is 5.53. The van der Waals surface area contributed by atoms with Crippen molar-refractivity contribution >= 4 is 23.0 Å². The van der Waals surface area contributed by atoms with E-state index in [1.165, 1.54) is 0 Å². The molecular formula is C17H16N4O. The molecule has 0 saturated carbocycles. The first-order valence-corrected chi connectivity index (χ1v) is 7.19. The second kappa shape index (κ2) is 4.61. The van der Waals surface area contributed by atoms with Crippen LogP contribution in [0.5, 0.6) is 0 Å². The van der Waals surface area contributed by atoms with Crippen LogP contribution in [-0.2, 0) is 4.79 Å². The standard InChI is InChI=1S/C17H16N4O/c1-11-6-5-7-13(10-11)20-17(22)16-12(2)18-14-8-3-4-9-15(14)21(16)19-20/h3-10,18-19H,1-2H3. The van der Waals surface area contributed by atoms with Gasteiger partial charge < -0.3 is 5.32 Å². The van der Waals surface area contributed by atoms with Crippen molar-refractivity contribution in [3.8, 4) is 0 Å². The van der Waals surface area contributed by atoms with Gasteiger partial charge in [0.25, 0.3) is 5.91 Å². The van der Waals surface area contributed by atoms with E-state index in [4.69, 9.17) is 0 Å². The first-order chi connectivity index (χ1) is 10.6. The Morgan fingerprint density at radius 2 is 1.77 bits per heavy atom. The predicted octanol–water partition coefficient (Wildman–Crippen LogP) is 2.92. The van der Waals surface area contributed by atoms with Crippen LogP contribution in [0, 0.1) is 6.92 Å². The van der Waals surface area contributed by atoms with Crippen LogP contribution >= 0.6 is 0 Å². The molecule has 0 atom stereocenters. The zero-order valence-electron chi connectivity index (χ0n) is 12.4. The van der Waals surface area contributed by atoms with Gasteiger partial charge in [-0.3, -0.25) is 4.79 Å². The maximum Gasteiger partial charge on any atom is 0.294 e. The van der Waals surface area contributed by atoms with Crippen molar-refractivity contribution in [2.45, 2.75) is 13.8 Å². The Hall–Kier alpha value is -2.79. The summed E-state index contributed by atoms with van der Waals surface area (Å²) < 4.78 is 0. The number of para-hydroxylation sites is 2. The van der Waals surface area contributed by atoms with Crippen molar-refractivity contribution in [2.75, 3.05) is 15.3 Å². The van der Waals surface area contributed by atoms with E-state index in [2.05, 4.69) is 10.9 Å². The fourth-order valence-corrected chi connectivity index (χ4v) is 2.88. The first kappa shape index (κ1) is 12.9. The Bertz CT molecular complexity index is 812. The van der Waals surface area contributed by atoms with Gasteiger partial charge in [0.15, 0.2) is 0 Å². The SMILES string of the molecule is CC1=C2C(=O)N(c3cccc(C)c3)NN2c2ccccc2N1. The van der Waals surface area contributed by atoms with Gasteiger partial charge in [-0.25, -0.2) is 10.0 Å². The molecule has 1 saturated heterocycles. The summed E-state index contributed by atoms with van der Waals surface area (Å²) >= 11 is 0. The molecule has 2 N–H and O–H groups in total. The molecule has 1 fully saturated rings. The number of carbonyl (C=O) groups excluding carboxylic acids is 1. The quantitative estimate of drug-likeness (QED) is 0.848. The number of nitrogens with one attached hydrogen (secondary N) is 2. The van der Waals surface area contributed by atoms with Crippen molar-refractivity contribution in [3.63, 3.8) is 0 Å². The average Bonchev–Trinajstić information content (AvgIpc) is 2.86. The highest BCUT2D eigenvalue weighted by Crippen LogP contribution is 2.37. The summed E-state index contributed by atoms with van der Waals surface area (Å²) in [5, 5.41) is 6.71. The Kier molecular flexibility index (Phi) is 2.71. The molecule has 2 heterocycles. The maximum absolute atomic E-state index is 12.8. The van der Waals surface area contributed by atoms with Crippen LogP contribution in [-0.4, -0.2) is 5.91 Å². The van der Waals surface area contributed by atoms with Gasteiger partial charge >= 0.3 is 0 Å². The minimum Gasteiger partial charge on any atom is -0.355 e. The van der Waals surface area contributed by atoms with Crippen molar-refractivity contribution in [1.29, 1.82) is 0 Å². The molecule has 110 valence electrons. The van der Waals surface area contributed by atoms with Gasteiger partial charge in [-0.05, 0) is 43.7 Å². The lowest BCUT2D eigenvalue weighted by molar-refractivity contribution is -0.114. The number of benzene rings is 2. The monoisotopic (exact) mass is 292 g/mol. The highest BCUT2D eigenvalue weighted by Gasteiger charge is 2.39. The molecule has 0 aliphatic carbocycles. The fourth-order valence-electron chi connectivity index (χ4n) is 2.88. The third-order valence-corrected chi connectivity index (χ3v) is 3.91. The smallest absolute Gasteiger partial charge is 0.294 e. The Morgan fingerprint density at radius 3 is 2.59 bits per heavy atom. The maximum atomic E-state index is 12.8. The second-order valence-corrected chi connectivity index (χ2v) is 5.53. The van der Waals surface area contributed by atoms with Gasteiger partial charge in [-0.2, -0.15) is 0 Å². The van der Waals surface area contributed by atoms with Gasteiger partial charge in [-0.1, -0.05) is 24.3 Å². The molecule has 0 bridgehead atoms. The van der Waals surface area contributed by atoms with Gasteiger partial charge in [0.1, 0.15) is 5.70 Å². The molecule has 5 nitrogen and oxygen atoms in total. The van der Waals surface area contributed by atoms with Crippen molar-refractivity contribution in [1.82, 2.24) is 5.53 Å². The van der Waals surface area contributed by atoms with E-state index in [1.54, 1.807) is 5.01 Å². The molecule has 2 aromatic carbocycles. The van der Waals surface area contributed by atoms with Crippen LogP contribution in [0.1, 0.15) is 12.5 Å². The van der Waals surface area contributed by atoms with Crippen molar-refractivity contribution < 1.29 is 4.79 Å². The molecule has 0 aromatic heterocycles. The molecule has 4 rings (SSSR count). The molecule has 0 spiro atoms. The van der Waals surface area contributed by atoms with Crippen molar-refractivity contribution in [2.24, 2.45) is 0 Å². The van der Waals surface area contributed by atoms with Crippen LogP contribution < -0.4 is 20.9 Å². The topological polar surface area (TPSA) is 47.6 Å². The highest BCUT2D eigenvalue weighted by atomic mass is 16.2. The molecule has 2 aliphatic rings. The number of nitrogens with zero attached hydrogens (tertiary/aromatic N) is 2. The van der Waals surface area contributed by atoms with Crippen LogP contribution in [0.4, 0.5) is 17.1 Å². The lowest BCUT2D eigenvalue weighted by Gasteiger charge is -2.28. The van der Waals surface area contributed by atoms with Crippen LogP contribution in [0.15, 0.2) is 59.9 Å². The summed E-state index contributed by atoms with van der Waals surface area (Å²) in [4.78, 5) is 12.8. The van der Waals surface area contributed by atoms with Gasteiger partial charge in [0.2, 0.25) is 0 Å². The highest BCUT2D eigenvalue weighted by molar-refractivity contribution is 6.12. The van der Waals surface area contributed by atoms with E-state index in [9.17, 15) is 4.79 Å². The number of rotatable bonds is 1. The molecule has 2 aliphatic heterocycles. The van der Waals surface area contributed by atoms with Crippen LogP contribution in [0.3, 0.4) is 0 Å². The van der Waals surface area contributed by atoms with E-state index in [0.29, 0.717) is 5.70 Å². The number of aryl methyl sites for hydroxylation is 1. The molecule has 0 radical (unpaired) electrons. The summed E-state index contributed by atoms with van der Waals surface area (Å²) in [6, 6.07) is 15.8. The van der Waals surface area contributed by atoms with E-state index in [-0.39, 0.29) is 5.91 Å². The van der Waals surface area contributed by atoms with Gasteiger partial charge in [0.05, 0.1) is 17.1 Å².